The molecule has 0 aliphatic carbocycles. The standard InChI is InChI=1S/C21H18O2/c1-15(22)16-7-9-17(10-8-16)18-11-13-19(14-12-18)20-5-3-4-6-21(20)23-2/h3-14H,1-2H3. The summed E-state index contributed by atoms with van der Waals surface area (Å²) in [6.45, 7) is 1.58. The molecule has 114 valence electrons. The molecule has 3 aromatic carbocycles. The van der Waals surface area contributed by atoms with Gasteiger partial charge in [-0.15, -0.1) is 0 Å². The summed E-state index contributed by atoms with van der Waals surface area (Å²) >= 11 is 0. The number of Topliss-reactive ketones (excluding diaryl/α,β-unsaturated/α-hetero) is 1. The molecule has 0 aliphatic rings. The highest BCUT2D eigenvalue weighted by molar-refractivity contribution is 5.94. The van der Waals surface area contributed by atoms with E-state index in [1.54, 1.807) is 14.0 Å². The minimum absolute atomic E-state index is 0.0862. The molecule has 0 radical (unpaired) electrons. The van der Waals surface area contributed by atoms with Gasteiger partial charge < -0.3 is 4.74 Å². The molecule has 2 heteroatoms. The van der Waals surface area contributed by atoms with Gasteiger partial charge in [0.1, 0.15) is 5.75 Å². The van der Waals surface area contributed by atoms with Crippen molar-refractivity contribution in [3.8, 4) is 28.0 Å². The van der Waals surface area contributed by atoms with Gasteiger partial charge >= 0.3 is 0 Å². The van der Waals surface area contributed by atoms with E-state index in [1.807, 2.05) is 42.5 Å². The summed E-state index contributed by atoms with van der Waals surface area (Å²) in [7, 11) is 1.68. The molecular formula is C21H18O2. The highest BCUT2D eigenvalue weighted by Gasteiger charge is 2.06. The lowest BCUT2D eigenvalue weighted by Gasteiger charge is -2.09. The summed E-state index contributed by atoms with van der Waals surface area (Å²) in [5.74, 6) is 0.953. The Labute approximate surface area is 136 Å². The molecule has 2 nitrogen and oxygen atoms in total. The Morgan fingerprint density at radius 2 is 1.26 bits per heavy atom. The van der Waals surface area contributed by atoms with Crippen LogP contribution in [-0.4, -0.2) is 12.9 Å². The number of para-hydroxylation sites is 1. The Kier molecular flexibility index (Phi) is 4.24. The molecule has 0 saturated heterocycles. The summed E-state index contributed by atoms with van der Waals surface area (Å²) in [6.07, 6.45) is 0. The van der Waals surface area contributed by atoms with Crippen LogP contribution in [0.2, 0.25) is 0 Å². The molecule has 0 saturated carbocycles. The summed E-state index contributed by atoms with van der Waals surface area (Å²) in [5, 5.41) is 0. The van der Waals surface area contributed by atoms with Crippen molar-refractivity contribution in [3.05, 3.63) is 78.4 Å². The molecule has 0 unspecified atom stereocenters. The van der Waals surface area contributed by atoms with Crippen LogP contribution < -0.4 is 4.74 Å². The fraction of sp³-hybridized carbons (Fsp3) is 0.0952. The van der Waals surface area contributed by atoms with E-state index >= 15 is 0 Å². The smallest absolute Gasteiger partial charge is 0.159 e. The Bertz CT molecular complexity index is 815. The van der Waals surface area contributed by atoms with E-state index in [-0.39, 0.29) is 5.78 Å². The number of rotatable bonds is 4. The fourth-order valence-electron chi connectivity index (χ4n) is 2.62. The SMILES string of the molecule is COc1ccccc1-c1ccc(-c2ccc(C(C)=O)cc2)cc1. The maximum absolute atomic E-state index is 11.3. The first kappa shape index (κ1) is 15.0. The van der Waals surface area contributed by atoms with E-state index in [0.717, 1.165) is 33.6 Å². The van der Waals surface area contributed by atoms with Crippen LogP contribution >= 0.6 is 0 Å². The van der Waals surface area contributed by atoms with Crippen molar-refractivity contribution in [2.24, 2.45) is 0 Å². The molecule has 3 rings (SSSR count). The molecular weight excluding hydrogens is 284 g/mol. The number of ether oxygens (including phenoxy) is 1. The van der Waals surface area contributed by atoms with Crippen molar-refractivity contribution >= 4 is 5.78 Å². The van der Waals surface area contributed by atoms with Gasteiger partial charge in [0.05, 0.1) is 7.11 Å². The van der Waals surface area contributed by atoms with E-state index in [1.165, 1.54) is 0 Å². The van der Waals surface area contributed by atoms with Crippen LogP contribution in [0.4, 0.5) is 0 Å². The van der Waals surface area contributed by atoms with Gasteiger partial charge in [-0.1, -0.05) is 66.7 Å². The lowest BCUT2D eigenvalue weighted by molar-refractivity contribution is 0.101. The van der Waals surface area contributed by atoms with Gasteiger partial charge in [-0.05, 0) is 29.7 Å². The normalized spacial score (nSPS) is 10.3. The summed E-state index contributed by atoms with van der Waals surface area (Å²) < 4.78 is 5.42. The zero-order valence-corrected chi connectivity index (χ0v) is 13.2. The van der Waals surface area contributed by atoms with E-state index < -0.39 is 0 Å². The average Bonchev–Trinajstić information content (AvgIpc) is 2.62. The van der Waals surface area contributed by atoms with Gasteiger partial charge in [0.25, 0.3) is 0 Å². The Balaban J connectivity index is 1.91. The highest BCUT2D eigenvalue weighted by Crippen LogP contribution is 2.31. The van der Waals surface area contributed by atoms with Crippen LogP contribution in [0.3, 0.4) is 0 Å². The molecule has 0 amide bonds. The Morgan fingerprint density at radius 1 is 0.739 bits per heavy atom. The first-order valence-corrected chi connectivity index (χ1v) is 7.54. The maximum atomic E-state index is 11.3. The third kappa shape index (κ3) is 3.16. The number of hydrogen-bond donors (Lipinski definition) is 0. The number of ketones is 1. The molecule has 0 bridgehead atoms. The van der Waals surface area contributed by atoms with E-state index in [9.17, 15) is 4.79 Å². The van der Waals surface area contributed by atoms with Crippen molar-refractivity contribution < 1.29 is 9.53 Å². The first-order valence-electron chi connectivity index (χ1n) is 7.54. The van der Waals surface area contributed by atoms with E-state index in [4.69, 9.17) is 4.74 Å². The zero-order chi connectivity index (χ0) is 16.2. The molecule has 0 aromatic heterocycles. The monoisotopic (exact) mass is 302 g/mol. The van der Waals surface area contributed by atoms with Crippen LogP contribution in [0, 0.1) is 0 Å². The van der Waals surface area contributed by atoms with Crippen LogP contribution in [0.5, 0.6) is 5.75 Å². The number of hydrogen-bond acceptors (Lipinski definition) is 2. The number of methoxy groups -OCH3 is 1. The second-order valence-electron chi connectivity index (χ2n) is 5.41. The lowest BCUT2D eigenvalue weighted by atomic mass is 9.99. The predicted octanol–water partition coefficient (Wildman–Crippen LogP) is 5.23. The number of benzene rings is 3. The first-order chi connectivity index (χ1) is 11.2. The second kappa shape index (κ2) is 6.49. The number of carbonyl (C=O) groups is 1. The van der Waals surface area contributed by atoms with Crippen LogP contribution in [0.15, 0.2) is 72.8 Å². The average molecular weight is 302 g/mol. The molecule has 0 aliphatic heterocycles. The third-order valence-corrected chi connectivity index (χ3v) is 3.93. The summed E-state index contributed by atoms with van der Waals surface area (Å²) in [4.78, 5) is 11.3. The van der Waals surface area contributed by atoms with Crippen LogP contribution in [0.25, 0.3) is 22.3 Å². The zero-order valence-electron chi connectivity index (χ0n) is 13.2. The molecule has 0 atom stereocenters. The van der Waals surface area contributed by atoms with Gasteiger partial charge in [-0.25, -0.2) is 0 Å². The lowest BCUT2D eigenvalue weighted by Crippen LogP contribution is -1.91. The fourth-order valence-corrected chi connectivity index (χ4v) is 2.62. The highest BCUT2D eigenvalue weighted by atomic mass is 16.5. The van der Waals surface area contributed by atoms with Crippen LogP contribution in [-0.2, 0) is 0 Å². The van der Waals surface area contributed by atoms with Crippen molar-refractivity contribution in [1.29, 1.82) is 0 Å². The molecule has 0 spiro atoms. The van der Waals surface area contributed by atoms with Gasteiger partial charge in [-0.3, -0.25) is 4.79 Å². The Hall–Kier alpha value is -2.87. The summed E-state index contributed by atoms with van der Waals surface area (Å²) in [5.41, 5.74) is 5.15. The van der Waals surface area contributed by atoms with Crippen molar-refractivity contribution in [1.82, 2.24) is 0 Å². The second-order valence-corrected chi connectivity index (χ2v) is 5.41. The van der Waals surface area contributed by atoms with Crippen molar-refractivity contribution in [2.75, 3.05) is 7.11 Å². The minimum Gasteiger partial charge on any atom is -0.496 e. The molecule has 0 N–H and O–H groups in total. The number of carbonyl (C=O) groups excluding carboxylic acids is 1. The minimum atomic E-state index is 0.0862. The van der Waals surface area contributed by atoms with E-state index in [0.29, 0.717) is 0 Å². The van der Waals surface area contributed by atoms with Crippen LogP contribution in [0.1, 0.15) is 17.3 Å². The van der Waals surface area contributed by atoms with Gasteiger partial charge in [0.15, 0.2) is 5.78 Å². The Morgan fingerprint density at radius 3 is 1.83 bits per heavy atom. The third-order valence-electron chi connectivity index (χ3n) is 3.93. The predicted molar refractivity (Wildman–Crippen MR) is 93.9 cm³/mol. The maximum Gasteiger partial charge on any atom is 0.159 e. The quantitative estimate of drug-likeness (QED) is 0.617. The van der Waals surface area contributed by atoms with Gasteiger partial charge in [-0.2, -0.15) is 0 Å². The van der Waals surface area contributed by atoms with Gasteiger partial charge in [0.2, 0.25) is 0 Å². The largest absolute Gasteiger partial charge is 0.496 e. The topological polar surface area (TPSA) is 26.3 Å². The van der Waals surface area contributed by atoms with Crippen molar-refractivity contribution in [2.45, 2.75) is 6.92 Å². The van der Waals surface area contributed by atoms with E-state index in [2.05, 4.69) is 30.3 Å². The molecule has 23 heavy (non-hydrogen) atoms. The molecule has 3 aromatic rings. The van der Waals surface area contributed by atoms with Gasteiger partial charge in [0, 0.05) is 11.1 Å². The molecule has 0 heterocycles. The molecule has 0 fully saturated rings. The summed E-state index contributed by atoms with van der Waals surface area (Å²) in [6, 6.07) is 24.0. The van der Waals surface area contributed by atoms with Crippen molar-refractivity contribution in [3.63, 3.8) is 0 Å².